The second-order valence-corrected chi connectivity index (χ2v) is 5.05. The molecule has 0 saturated carbocycles. The molecule has 0 aliphatic heterocycles. The maximum Gasteiger partial charge on any atom is 0.225 e. The van der Waals surface area contributed by atoms with Gasteiger partial charge in [-0.3, -0.25) is 0 Å². The van der Waals surface area contributed by atoms with Gasteiger partial charge in [-0.2, -0.15) is 5.26 Å². The molecule has 13 heavy (non-hydrogen) atoms. The summed E-state index contributed by atoms with van der Waals surface area (Å²) in [5, 5.41) is 8.26. The molecule has 0 rings (SSSR count). The van der Waals surface area contributed by atoms with Crippen molar-refractivity contribution in [3.05, 3.63) is 0 Å². The Balaban J connectivity index is 4.33. The number of nitrogens with one attached hydrogen (secondary N) is 1. The SMILES string of the molecule is CCC(NS(=O)(=O)CC#N)C(C)C. The zero-order valence-electron chi connectivity index (χ0n) is 8.24. The van der Waals surface area contributed by atoms with E-state index in [-0.39, 0.29) is 12.0 Å². The standard InChI is InChI=1S/C8H16N2O2S/c1-4-8(7(2)3)10-13(11,12)6-5-9/h7-8,10H,4,6H2,1-3H3. The van der Waals surface area contributed by atoms with Gasteiger partial charge in [0.05, 0.1) is 6.07 Å². The molecule has 0 aromatic heterocycles. The van der Waals surface area contributed by atoms with E-state index in [1.54, 1.807) is 6.07 Å². The van der Waals surface area contributed by atoms with Crippen LogP contribution in [0.25, 0.3) is 0 Å². The lowest BCUT2D eigenvalue weighted by molar-refractivity contribution is 0.438. The summed E-state index contributed by atoms with van der Waals surface area (Å²) in [6, 6.07) is 1.55. The number of hydrogen-bond donors (Lipinski definition) is 1. The Kier molecular flexibility index (Phi) is 4.96. The highest BCUT2D eigenvalue weighted by Crippen LogP contribution is 2.06. The lowest BCUT2D eigenvalue weighted by atomic mass is 10.0. The van der Waals surface area contributed by atoms with Crippen molar-refractivity contribution in [2.45, 2.75) is 33.2 Å². The Hall–Kier alpha value is -0.600. The third-order valence-electron chi connectivity index (χ3n) is 1.83. The van der Waals surface area contributed by atoms with E-state index in [2.05, 4.69) is 4.72 Å². The molecule has 0 amide bonds. The molecule has 0 aliphatic carbocycles. The predicted octanol–water partition coefficient (Wildman–Crippen LogP) is 0.864. The van der Waals surface area contributed by atoms with Gasteiger partial charge in [0.2, 0.25) is 10.0 Å². The highest BCUT2D eigenvalue weighted by molar-refractivity contribution is 7.89. The number of sulfonamides is 1. The van der Waals surface area contributed by atoms with Crippen LogP contribution in [0.5, 0.6) is 0 Å². The lowest BCUT2D eigenvalue weighted by Gasteiger charge is -2.19. The second-order valence-electron chi connectivity index (χ2n) is 3.29. The minimum Gasteiger partial charge on any atom is -0.211 e. The van der Waals surface area contributed by atoms with Crippen LogP contribution in [0, 0.1) is 17.2 Å². The quantitative estimate of drug-likeness (QED) is 0.722. The average molecular weight is 204 g/mol. The van der Waals surface area contributed by atoms with Crippen molar-refractivity contribution in [1.82, 2.24) is 4.72 Å². The van der Waals surface area contributed by atoms with E-state index < -0.39 is 15.8 Å². The van der Waals surface area contributed by atoms with Gasteiger partial charge in [-0.15, -0.1) is 0 Å². The van der Waals surface area contributed by atoms with Crippen molar-refractivity contribution in [3.8, 4) is 6.07 Å². The molecule has 0 radical (unpaired) electrons. The largest absolute Gasteiger partial charge is 0.225 e. The number of nitrogens with zero attached hydrogens (tertiary/aromatic N) is 1. The molecular formula is C8H16N2O2S. The Bertz CT molecular complexity index is 277. The molecule has 0 aliphatic rings. The van der Waals surface area contributed by atoms with Crippen LogP contribution >= 0.6 is 0 Å². The first-order chi connectivity index (χ1) is 5.93. The summed E-state index contributed by atoms with van der Waals surface area (Å²) in [6.45, 7) is 5.81. The third-order valence-corrected chi connectivity index (χ3v) is 3.00. The van der Waals surface area contributed by atoms with E-state index in [9.17, 15) is 8.42 Å². The molecule has 0 saturated heterocycles. The minimum absolute atomic E-state index is 0.0710. The summed E-state index contributed by atoms with van der Waals surface area (Å²) in [7, 11) is -3.40. The first kappa shape index (κ1) is 12.4. The highest BCUT2D eigenvalue weighted by atomic mass is 32.2. The summed E-state index contributed by atoms with van der Waals surface area (Å²) in [6.07, 6.45) is 0.738. The van der Waals surface area contributed by atoms with E-state index in [0.717, 1.165) is 6.42 Å². The van der Waals surface area contributed by atoms with Gasteiger partial charge in [-0.05, 0) is 12.3 Å². The Labute approximate surface area is 80.0 Å². The maximum atomic E-state index is 11.2. The van der Waals surface area contributed by atoms with E-state index in [0.29, 0.717) is 0 Å². The fourth-order valence-corrected chi connectivity index (χ4v) is 2.20. The second kappa shape index (κ2) is 5.20. The fourth-order valence-electron chi connectivity index (χ4n) is 1.05. The van der Waals surface area contributed by atoms with Crippen LogP contribution in [-0.2, 0) is 10.0 Å². The summed E-state index contributed by atoms with van der Waals surface area (Å²) in [5.74, 6) is -0.214. The predicted molar refractivity (Wildman–Crippen MR) is 51.5 cm³/mol. The Morgan fingerprint density at radius 1 is 1.46 bits per heavy atom. The summed E-state index contributed by atoms with van der Waals surface area (Å²) in [5.41, 5.74) is 0. The van der Waals surface area contributed by atoms with Crippen LogP contribution in [-0.4, -0.2) is 20.2 Å². The van der Waals surface area contributed by atoms with Crippen LogP contribution in [0.2, 0.25) is 0 Å². The maximum absolute atomic E-state index is 11.2. The van der Waals surface area contributed by atoms with Gasteiger partial charge in [0.1, 0.15) is 0 Å². The summed E-state index contributed by atoms with van der Waals surface area (Å²) in [4.78, 5) is 0. The van der Waals surface area contributed by atoms with Gasteiger partial charge in [0, 0.05) is 6.04 Å². The molecule has 76 valence electrons. The van der Waals surface area contributed by atoms with Crippen molar-refractivity contribution >= 4 is 10.0 Å². The zero-order valence-corrected chi connectivity index (χ0v) is 9.06. The summed E-state index contributed by atoms with van der Waals surface area (Å²) >= 11 is 0. The van der Waals surface area contributed by atoms with Crippen molar-refractivity contribution < 1.29 is 8.42 Å². The van der Waals surface area contributed by atoms with Crippen molar-refractivity contribution in [3.63, 3.8) is 0 Å². The molecule has 0 fully saturated rings. The van der Waals surface area contributed by atoms with Gasteiger partial charge < -0.3 is 0 Å². The topological polar surface area (TPSA) is 70.0 Å². The van der Waals surface area contributed by atoms with Crippen LogP contribution in [0.4, 0.5) is 0 Å². The first-order valence-corrected chi connectivity index (χ1v) is 5.95. The zero-order chi connectivity index (χ0) is 10.5. The smallest absolute Gasteiger partial charge is 0.211 e. The van der Waals surface area contributed by atoms with Gasteiger partial charge in [0.15, 0.2) is 5.75 Å². The molecule has 5 heteroatoms. The highest BCUT2D eigenvalue weighted by Gasteiger charge is 2.18. The number of rotatable bonds is 5. The lowest BCUT2D eigenvalue weighted by Crippen LogP contribution is -2.39. The fraction of sp³-hybridized carbons (Fsp3) is 0.875. The minimum atomic E-state index is -3.40. The van der Waals surface area contributed by atoms with Crippen molar-refractivity contribution in [2.24, 2.45) is 5.92 Å². The van der Waals surface area contributed by atoms with Crippen molar-refractivity contribution in [1.29, 1.82) is 5.26 Å². The van der Waals surface area contributed by atoms with Crippen LogP contribution < -0.4 is 4.72 Å². The molecule has 1 unspecified atom stereocenters. The monoisotopic (exact) mass is 204 g/mol. The molecule has 0 aromatic rings. The molecule has 0 spiro atoms. The van der Waals surface area contributed by atoms with Crippen LogP contribution in [0.3, 0.4) is 0 Å². The summed E-state index contributed by atoms with van der Waals surface area (Å²) < 4.78 is 24.8. The molecule has 0 heterocycles. The number of nitriles is 1. The van der Waals surface area contributed by atoms with Crippen LogP contribution in [0.15, 0.2) is 0 Å². The van der Waals surface area contributed by atoms with E-state index in [1.807, 2.05) is 20.8 Å². The Morgan fingerprint density at radius 3 is 2.31 bits per heavy atom. The number of hydrogen-bond acceptors (Lipinski definition) is 3. The average Bonchev–Trinajstić information content (AvgIpc) is 1.99. The molecule has 4 nitrogen and oxygen atoms in total. The molecule has 0 bridgehead atoms. The first-order valence-electron chi connectivity index (χ1n) is 4.30. The molecular weight excluding hydrogens is 188 g/mol. The van der Waals surface area contributed by atoms with Gasteiger partial charge in [-0.25, -0.2) is 13.1 Å². The van der Waals surface area contributed by atoms with Gasteiger partial charge in [0.25, 0.3) is 0 Å². The van der Waals surface area contributed by atoms with E-state index in [1.165, 1.54) is 0 Å². The Morgan fingerprint density at radius 2 is 2.00 bits per heavy atom. The molecule has 1 N–H and O–H groups in total. The molecule has 1 atom stereocenters. The van der Waals surface area contributed by atoms with E-state index >= 15 is 0 Å². The van der Waals surface area contributed by atoms with E-state index in [4.69, 9.17) is 5.26 Å². The van der Waals surface area contributed by atoms with Crippen molar-refractivity contribution in [2.75, 3.05) is 5.75 Å². The third kappa shape index (κ3) is 4.86. The van der Waals surface area contributed by atoms with Gasteiger partial charge in [-0.1, -0.05) is 20.8 Å². The normalized spacial score (nSPS) is 14.1. The van der Waals surface area contributed by atoms with Gasteiger partial charge >= 0.3 is 0 Å². The molecule has 0 aromatic carbocycles. The van der Waals surface area contributed by atoms with Crippen LogP contribution in [0.1, 0.15) is 27.2 Å².